The number of carboxylic acids is 1. The van der Waals surface area contributed by atoms with Gasteiger partial charge >= 0.3 is 5.97 Å². The molecule has 1 aromatic heterocycles. The largest absolute Gasteiger partial charge is 0.505 e. The Morgan fingerprint density at radius 3 is 2.58 bits per heavy atom. The summed E-state index contributed by atoms with van der Waals surface area (Å²) in [6, 6.07) is 11.1. The number of para-hydroxylation sites is 1. The van der Waals surface area contributed by atoms with Crippen LogP contribution in [0, 0.1) is 6.92 Å². The van der Waals surface area contributed by atoms with Gasteiger partial charge in [-0.05, 0) is 49.9 Å². The molecule has 8 nitrogen and oxygen atoms in total. The summed E-state index contributed by atoms with van der Waals surface area (Å²) in [5.74, 6) is -1.34. The molecule has 172 valence electrons. The zero-order valence-corrected chi connectivity index (χ0v) is 19.2. The zero-order valence-electron chi connectivity index (χ0n) is 17.7. The number of carbonyl (C=O) groups is 1. The van der Waals surface area contributed by atoms with E-state index in [0.29, 0.717) is 23.2 Å². The summed E-state index contributed by atoms with van der Waals surface area (Å²) in [4.78, 5) is 11.3. The second-order valence-corrected chi connectivity index (χ2v) is 9.08. The molecule has 0 saturated heterocycles. The number of nitrogens with zero attached hydrogens (tertiary/aromatic N) is 4. The molecular formula is C23H22Cl2N4O4. The number of aryl methyl sites for hydroxylation is 1. The summed E-state index contributed by atoms with van der Waals surface area (Å²) in [6.07, 6.45) is 2.04. The highest BCUT2D eigenvalue weighted by atomic mass is 35.5. The predicted molar refractivity (Wildman–Crippen MR) is 125 cm³/mol. The molecular weight excluding hydrogens is 467 g/mol. The summed E-state index contributed by atoms with van der Waals surface area (Å²) in [5, 5.41) is 43.1. The third-order valence-electron chi connectivity index (χ3n) is 5.73. The van der Waals surface area contributed by atoms with Crippen molar-refractivity contribution in [1.82, 2.24) is 9.78 Å². The lowest BCUT2D eigenvalue weighted by molar-refractivity contribution is 0.0697. The number of hydrogen-bond acceptors (Lipinski definition) is 6. The Morgan fingerprint density at radius 2 is 1.85 bits per heavy atom. The number of alkyl halides is 2. The Hall–Kier alpha value is -3.10. The van der Waals surface area contributed by atoms with E-state index in [0.717, 1.165) is 12.8 Å². The molecule has 1 saturated carbocycles. The van der Waals surface area contributed by atoms with Crippen LogP contribution in [0.4, 0.5) is 11.4 Å². The van der Waals surface area contributed by atoms with Gasteiger partial charge in [0, 0.05) is 5.56 Å². The van der Waals surface area contributed by atoms with Crippen LogP contribution < -0.4 is 0 Å². The van der Waals surface area contributed by atoms with Crippen molar-refractivity contribution in [3.63, 3.8) is 0 Å². The minimum atomic E-state index is -1.06. The molecule has 3 aromatic rings. The predicted octanol–water partition coefficient (Wildman–Crippen LogP) is 6.32. The van der Waals surface area contributed by atoms with Crippen LogP contribution in [-0.4, -0.2) is 41.8 Å². The van der Waals surface area contributed by atoms with Crippen molar-refractivity contribution in [2.45, 2.75) is 43.0 Å². The van der Waals surface area contributed by atoms with E-state index < -0.39 is 5.97 Å². The Bertz CT molecular complexity index is 1230. The molecule has 1 aliphatic rings. The van der Waals surface area contributed by atoms with Gasteiger partial charge in [-0.1, -0.05) is 24.3 Å². The molecule has 3 atom stereocenters. The monoisotopic (exact) mass is 488 g/mol. The molecule has 1 fully saturated rings. The third kappa shape index (κ3) is 4.67. The molecule has 1 aliphatic carbocycles. The van der Waals surface area contributed by atoms with Crippen LogP contribution in [0.5, 0.6) is 11.6 Å². The number of aromatic nitrogens is 2. The molecule has 3 N–H and O–H groups in total. The molecule has 10 heteroatoms. The fraction of sp³-hybridized carbons (Fsp3) is 0.304. The Labute approximate surface area is 200 Å². The van der Waals surface area contributed by atoms with Crippen molar-refractivity contribution in [1.29, 1.82) is 0 Å². The van der Waals surface area contributed by atoms with E-state index in [1.54, 1.807) is 37.3 Å². The topological polar surface area (TPSA) is 120 Å². The maximum Gasteiger partial charge on any atom is 0.335 e. The highest BCUT2D eigenvalue weighted by molar-refractivity contribution is 6.30. The summed E-state index contributed by atoms with van der Waals surface area (Å²) in [7, 11) is 0. The lowest BCUT2D eigenvalue weighted by Crippen LogP contribution is -2.28. The maximum atomic E-state index is 11.3. The molecule has 33 heavy (non-hydrogen) atoms. The number of rotatable bonds is 5. The van der Waals surface area contributed by atoms with Gasteiger partial charge in [0.2, 0.25) is 5.88 Å². The fourth-order valence-corrected chi connectivity index (χ4v) is 4.51. The van der Waals surface area contributed by atoms with Crippen molar-refractivity contribution < 1.29 is 20.1 Å². The third-order valence-corrected chi connectivity index (χ3v) is 6.87. The van der Waals surface area contributed by atoms with Crippen LogP contribution in [0.15, 0.2) is 52.7 Å². The lowest BCUT2D eigenvalue weighted by Gasteiger charge is -2.29. The van der Waals surface area contributed by atoms with Gasteiger partial charge in [0.1, 0.15) is 5.69 Å². The van der Waals surface area contributed by atoms with Gasteiger partial charge in [0.05, 0.1) is 28.1 Å². The van der Waals surface area contributed by atoms with E-state index in [9.17, 15) is 20.1 Å². The van der Waals surface area contributed by atoms with Gasteiger partial charge in [-0.2, -0.15) is 5.10 Å². The second kappa shape index (κ2) is 9.41. The van der Waals surface area contributed by atoms with E-state index in [1.807, 2.05) is 0 Å². The van der Waals surface area contributed by atoms with Crippen molar-refractivity contribution in [3.8, 4) is 22.8 Å². The number of phenolic OH excluding ortho intramolecular Hbond substituents is 1. The quantitative estimate of drug-likeness (QED) is 0.286. The van der Waals surface area contributed by atoms with E-state index in [1.165, 1.54) is 16.8 Å². The Kier molecular flexibility index (Phi) is 6.58. The minimum absolute atomic E-state index is 0.0941. The number of aromatic carboxylic acids is 1. The molecule has 0 spiro atoms. The van der Waals surface area contributed by atoms with Gasteiger partial charge in [-0.3, -0.25) is 0 Å². The van der Waals surface area contributed by atoms with Crippen molar-refractivity contribution in [2.75, 3.05) is 0 Å². The first-order valence-electron chi connectivity index (χ1n) is 10.4. The summed E-state index contributed by atoms with van der Waals surface area (Å²) in [6.45, 7) is 1.71. The number of aromatic hydroxyl groups is 2. The Morgan fingerprint density at radius 1 is 1.09 bits per heavy atom. The smallest absolute Gasteiger partial charge is 0.335 e. The molecule has 0 amide bonds. The first-order valence-corrected chi connectivity index (χ1v) is 11.3. The fourth-order valence-electron chi connectivity index (χ4n) is 3.95. The zero-order chi connectivity index (χ0) is 23.7. The molecule has 0 radical (unpaired) electrons. The normalized spacial score (nSPS) is 20.9. The van der Waals surface area contributed by atoms with E-state index in [2.05, 4.69) is 15.3 Å². The van der Waals surface area contributed by atoms with Crippen molar-refractivity contribution in [3.05, 3.63) is 53.7 Å². The van der Waals surface area contributed by atoms with Gasteiger partial charge in [-0.15, -0.1) is 33.4 Å². The molecule has 4 rings (SSSR count). The lowest BCUT2D eigenvalue weighted by atomic mass is 9.95. The second-order valence-electron chi connectivity index (χ2n) is 7.96. The first-order chi connectivity index (χ1) is 15.8. The van der Waals surface area contributed by atoms with Gasteiger partial charge in [0.25, 0.3) is 0 Å². The molecule has 1 heterocycles. The van der Waals surface area contributed by atoms with Gasteiger partial charge in [0.15, 0.2) is 11.4 Å². The summed E-state index contributed by atoms with van der Waals surface area (Å²) < 4.78 is 1.51. The number of hydrogen-bond donors (Lipinski definition) is 3. The van der Waals surface area contributed by atoms with Crippen LogP contribution in [0.25, 0.3) is 11.1 Å². The highest BCUT2D eigenvalue weighted by Gasteiger charge is 2.31. The van der Waals surface area contributed by atoms with Crippen molar-refractivity contribution >= 4 is 40.5 Å². The SMILES string of the molecule is Cc1nn(C2CCC(Cl)C(Cl)C2)c(O)c1/N=N/c1cccc(-c2cccc(C(=O)O)c2)c1O. The average molecular weight is 489 g/mol. The number of benzene rings is 2. The Balaban J connectivity index is 1.63. The minimum Gasteiger partial charge on any atom is -0.505 e. The number of phenols is 1. The molecule has 0 aliphatic heterocycles. The molecule has 3 unspecified atom stereocenters. The van der Waals surface area contributed by atoms with Crippen LogP contribution in [-0.2, 0) is 0 Å². The number of carboxylic acid groups (broad SMARTS) is 1. The van der Waals surface area contributed by atoms with E-state index in [4.69, 9.17) is 23.2 Å². The molecule has 0 bridgehead atoms. The molecule has 2 aromatic carbocycles. The van der Waals surface area contributed by atoms with Crippen LogP contribution in [0.3, 0.4) is 0 Å². The van der Waals surface area contributed by atoms with Crippen LogP contribution in [0.2, 0.25) is 0 Å². The number of halogens is 2. The standard InChI is InChI=1S/C23H22Cl2N4O4/c1-12-20(22(31)29(28-12)15-8-9-17(24)18(25)11-15)27-26-19-7-3-6-16(21(19)30)13-4-2-5-14(10-13)23(32)33/h2-7,10,15,17-18,30-31H,8-9,11H2,1H3,(H,32,33)/b27-26+. The first kappa shape index (κ1) is 23.1. The summed E-state index contributed by atoms with van der Waals surface area (Å²) >= 11 is 12.5. The van der Waals surface area contributed by atoms with Gasteiger partial charge < -0.3 is 15.3 Å². The van der Waals surface area contributed by atoms with Gasteiger partial charge in [-0.25, -0.2) is 9.48 Å². The summed E-state index contributed by atoms with van der Waals surface area (Å²) in [5.41, 5.74) is 1.91. The van der Waals surface area contributed by atoms with Crippen molar-refractivity contribution in [2.24, 2.45) is 10.2 Å². The number of azo groups is 1. The van der Waals surface area contributed by atoms with Crippen LogP contribution in [0.1, 0.15) is 41.4 Å². The van der Waals surface area contributed by atoms with E-state index in [-0.39, 0.29) is 45.4 Å². The van der Waals surface area contributed by atoms with E-state index >= 15 is 0 Å². The maximum absolute atomic E-state index is 11.3. The highest BCUT2D eigenvalue weighted by Crippen LogP contribution is 2.42. The van der Waals surface area contributed by atoms with Crippen LogP contribution >= 0.6 is 23.2 Å². The average Bonchev–Trinajstić information content (AvgIpc) is 3.08.